The molecule has 0 radical (unpaired) electrons. The number of allylic oxidation sites excluding steroid dienone is 1. The molecule has 2 heterocycles. The van der Waals surface area contributed by atoms with Crippen molar-refractivity contribution in [3.05, 3.63) is 61.9 Å². The molecule has 0 aliphatic rings. The first-order valence-electron chi connectivity index (χ1n) is 7.32. The van der Waals surface area contributed by atoms with E-state index in [1.54, 1.807) is 42.0 Å². The van der Waals surface area contributed by atoms with Crippen LogP contribution in [-0.4, -0.2) is 14.5 Å². The minimum absolute atomic E-state index is 0.198. The van der Waals surface area contributed by atoms with Gasteiger partial charge >= 0.3 is 0 Å². The fraction of sp³-hybridized carbons (Fsp3) is 0.111. The quantitative estimate of drug-likeness (QED) is 0.675. The summed E-state index contributed by atoms with van der Waals surface area (Å²) in [7, 11) is 1.78. The van der Waals surface area contributed by atoms with Gasteiger partial charge in [0.1, 0.15) is 17.8 Å². The van der Waals surface area contributed by atoms with Gasteiger partial charge in [-0.1, -0.05) is 15.9 Å². The van der Waals surface area contributed by atoms with Gasteiger partial charge in [0, 0.05) is 17.2 Å². The van der Waals surface area contributed by atoms with Gasteiger partial charge in [-0.25, -0.2) is 4.98 Å². The molecule has 0 unspecified atom stereocenters. The first-order chi connectivity index (χ1) is 11.9. The Morgan fingerprint density at radius 2 is 2.12 bits per heavy atom. The maximum absolute atomic E-state index is 12.3. The number of aromatic nitrogens is 3. The fourth-order valence-corrected chi connectivity index (χ4v) is 2.88. The number of rotatable bonds is 2. The number of halogens is 1. The number of aromatic amines is 1. The second-order valence-electron chi connectivity index (χ2n) is 5.49. The van der Waals surface area contributed by atoms with Crippen LogP contribution in [-0.2, 0) is 7.05 Å². The van der Waals surface area contributed by atoms with Gasteiger partial charge in [0.05, 0.1) is 16.5 Å². The number of benzene rings is 1. The molecule has 0 atom stereocenters. The Hall–Kier alpha value is -3.16. The normalized spacial score (nSPS) is 11.3. The summed E-state index contributed by atoms with van der Waals surface area (Å²) < 4.78 is 2.52. The molecule has 0 fully saturated rings. The number of nitrogens with zero attached hydrogens (tertiary/aromatic N) is 4. The number of nitrogens with one attached hydrogen (secondary N) is 1. The highest BCUT2D eigenvalue weighted by atomic mass is 79.9. The molecule has 6 nitrogen and oxygen atoms in total. The first kappa shape index (κ1) is 16.7. The van der Waals surface area contributed by atoms with Crippen molar-refractivity contribution in [1.82, 2.24) is 14.5 Å². The van der Waals surface area contributed by atoms with Crippen molar-refractivity contribution >= 4 is 38.5 Å². The monoisotopic (exact) mass is 393 g/mol. The Balaban J connectivity index is 2.19. The minimum Gasteiger partial charge on any atom is -0.339 e. The highest BCUT2D eigenvalue weighted by Gasteiger charge is 2.12. The molecule has 0 aliphatic heterocycles. The molecule has 3 aromatic rings. The maximum atomic E-state index is 12.3. The molecule has 2 aromatic heterocycles. The van der Waals surface area contributed by atoms with Crippen molar-refractivity contribution in [1.29, 1.82) is 10.5 Å². The van der Waals surface area contributed by atoms with E-state index in [1.807, 2.05) is 6.92 Å². The zero-order valence-electron chi connectivity index (χ0n) is 13.5. The smallest absolute Gasteiger partial charge is 0.259 e. The zero-order chi connectivity index (χ0) is 18.1. The van der Waals surface area contributed by atoms with Crippen molar-refractivity contribution in [2.75, 3.05) is 0 Å². The van der Waals surface area contributed by atoms with Gasteiger partial charge in [-0.2, -0.15) is 10.5 Å². The summed E-state index contributed by atoms with van der Waals surface area (Å²) in [6.07, 6.45) is 1.62. The summed E-state index contributed by atoms with van der Waals surface area (Å²) in [6, 6.07) is 11.1. The summed E-state index contributed by atoms with van der Waals surface area (Å²) in [5.74, 6) is 0.198. The molecule has 0 saturated carbocycles. The predicted molar refractivity (Wildman–Crippen MR) is 98.4 cm³/mol. The lowest BCUT2D eigenvalue weighted by atomic mass is 10.1. The van der Waals surface area contributed by atoms with E-state index in [0.29, 0.717) is 16.6 Å². The van der Waals surface area contributed by atoms with E-state index in [4.69, 9.17) is 5.26 Å². The van der Waals surface area contributed by atoms with Crippen LogP contribution in [0.2, 0.25) is 0 Å². The summed E-state index contributed by atoms with van der Waals surface area (Å²) in [6.45, 7) is 1.86. The van der Waals surface area contributed by atoms with E-state index in [-0.39, 0.29) is 17.0 Å². The van der Waals surface area contributed by atoms with Gasteiger partial charge in [-0.15, -0.1) is 0 Å². The third kappa shape index (κ3) is 2.98. The van der Waals surface area contributed by atoms with Crippen molar-refractivity contribution in [2.45, 2.75) is 6.92 Å². The van der Waals surface area contributed by atoms with Crippen LogP contribution in [0.5, 0.6) is 0 Å². The molecule has 1 aromatic carbocycles. The Kier molecular flexibility index (Phi) is 4.26. The SMILES string of the molecule is Cc1c(C=C(C#N)c2nc3ccc(Br)cc3c(=O)[nH]2)cc(C#N)n1C. The molecule has 1 N–H and O–H groups in total. The average Bonchev–Trinajstić information content (AvgIpc) is 2.87. The fourth-order valence-electron chi connectivity index (χ4n) is 2.52. The number of H-pyrrole nitrogens is 1. The highest BCUT2D eigenvalue weighted by molar-refractivity contribution is 9.10. The van der Waals surface area contributed by atoms with Crippen LogP contribution in [0.3, 0.4) is 0 Å². The van der Waals surface area contributed by atoms with Gasteiger partial charge < -0.3 is 9.55 Å². The van der Waals surface area contributed by atoms with E-state index in [1.165, 1.54) is 0 Å². The first-order valence-corrected chi connectivity index (χ1v) is 8.12. The lowest BCUT2D eigenvalue weighted by Gasteiger charge is -2.03. The number of hydrogen-bond acceptors (Lipinski definition) is 4. The summed E-state index contributed by atoms with van der Waals surface area (Å²) in [5.41, 5.74) is 2.48. The summed E-state index contributed by atoms with van der Waals surface area (Å²) in [5, 5.41) is 19.1. The lowest BCUT2D eigenvalue weighted by Crippen LogP contribution is -2.11. The number of nitriles is 2. The van der Waals surface area contributed by atoms with Crippen LogP contribution in [0.4, 0.5) is 0 Å². The van der Waals surface area contributed by atoms with E-state index < -0.39 is 0 Å². The van der Waals surface area contributed by atoms with Crippen LogP contribution < -0.4 is 5.56 Å². The molecule has 0 spiro atoms. The van der Waals surface area contributed by atoms with Crippen LogP contribution in [0, 0.1) is 29.6 Å². The van der Waals surface area contributed by atoms with Gasteiger partial charge in [0.2, 0.25) is 0 Å². The van der Waals surface area contributed by atoms with E-state index >= 15 is 0 Å². The largest absolute Gasteiger partial charge is 0.339 e. The van der Waals surface area contributed by atoms with Crippen LogP contribution in [0.25, 0.3) is 22.6 Å². The van der Waals surface area contributed by atoms with Crippen molar-refractivity contribution in [2.24, 2.45) is 7.05 Å². The third-order valence-electron chi connectivity index (χ3n) is 4.03. The molecular formula is C18H12BrN5O. The Labute approximate surface area is 151 Å². The number of fused-ring (bicyclic) bond motifs is 1. The maximum Gasteiger partial charge on any atom is 0.259 e. The minimum atomic E-state index is -0.315. The molecule has 25 heavy (non-hydrogen) atoms. The molecule has 0 bridgehead atoms. The van der Waals surface area contributed by atoms with E-state index in [9.17, 15) is 10.1 Å². The van der Waals surface area contributed by atoms with E-state index in [2.05, 4.69) is 38.0 Å². The second-order valence-corrected chi connectivity index (χ2v) is 6.40. The molecule has 3 rings (SSSR count). The van der Waals surface area contributed by atoms with Crippen molar-refractivity contribution in [3.63, 3.8) is 0 Å². The van der Waals surface area contributed by atoms with Gasteiger partial charge in [0.15, 0.2) is 5.82 Å². The standard InChI is InChI=1S/C18H12BrN5O/c1-10-11(6-14(9-21)24(10)2)5-12(8-20)17-22-16-4-3-13(19)7-15(16)18(25)23-17/h3-7H,1-2H3,(H,22,23,25). The molecule has 7 heteroatoms. The average molecular weight is 394 g/mol. The molecule has 0 aliphatic carbocycles. The van der Waals surface area contributed by atoms with Crippen LogP contribution in [0.1, 0.15) is 22.8 Å². The van der Waals surface area contributed by atoms with Crippen molar-refractivity contribution in [3.8, 4) is 12.1 Å². The van der Waals surface area contributed by atoms with E-state index in [0.717, 1.165) is 15.7 Å². The zero-order valence-corrected chi connectivity index (χ0v) is 15.0. The molecule has 0 amide bonds. The molecule has 0 saturated heterocycles. The number of hydrogen-bond donors (Lipinski definition) is 1. The predicted octanol–water partition coefficient (Wildman–Crippen LogP) is 3.27. The van der Waals surface area contributed by atoms with Crippen LogP contribution >= 0.6 is 15.9 Å². The Morgan fingerprint density at radius 3 is 2.76 bits per heavy atom. The summed E-state index contributed by atoms with van der Waals surface area (Å²) >= 11 is 3.32. The summed E-state index contributed by atoms with van der Waals surface area (Å²) in [4.78, 5) is 19.3. The molecular weight excluding hydrogens is 382 g/mol. The second kappa shape index (κ2) is 6.39. The Morgan fingerprint density at radius 1 is 1.36 bits per heavy atom. The van der Waals surface area contributed by atoms with Gasteiger partial charge in [-0.05, 0) is 42.8 Å². The Bertz CT molecular complexity index is 1170. The topological polar surface area (TPSA) is 98.3 Å². The lowest BCUT2D eigenvalue weighted by molar-refractivity contribution is 0.865. The van der Waals surface area contributed by atoms with Gasteiger partial charge in [0.25, 0.3) is 5.56 Å². The highest BCUT2D eigenvalue weighted by Crippen LogP contribution is 2.21. The third-order valence-corrected chi connectivity index (χ3v) is 4.53. The van der Waals surface area contributed by atoms with Gasteiger partial charge in [-0.3, -0.25) is 4.79 Å². The van der Waals surface area contributed by atoms with Crippen molar-refractivity contribution < 1.29 is 0 Å². The molecule has 122 valence electrons. The van der Waals surface area contributed by atoms with Crippen LogP contribution in [0.15, 0.2) is 33.5 Å².